The molecule has 0 spiro atoms. The minimum absolute atomic E-state index is 0.0751. The molecule has 8 heteroatoms. The maximum atomic E-state index is 11.9. The number of hydrogen-bond donors (Lipinski definition) is 3. The third-order valence-corrected chi connectivity index (χ3v) is 4.23. The number of carbonyl (C=O) groups is 2. The van der Waals surface area contributed by atoms with Crippen molar-refractivity contribution in [2.75, 3.05) is 26.4 Å². The lowest BCUT2D eigenvalue weighted by Gasteiger charge is -2.30. The molecule has 25 heavy (non-hydrogen) atoms. The molecule has 1 amide bonds. The second-order valence-corrected chi connectivity index (χ2v) is 8.69. The Hall–Kier alpha value is -0.850. The highest BCUT2D eigenvalue weighted by atomic mass is 31.1. The van der Waals surface area contributed by atoms with Crippen molar-refractivity contribution >= 4 is 25.8 Å². The Labute approximate surface area is 152 Å². The van der Waals surface area contributed by atoms with Crippen molar-refractivity contribution < 1.29 is 18.8 Å². The smallest absolute Gasteiger partial charge is 0.235 e. The maximum absolute atomic E-state index is 11.9. The zero-order valence-corrected chi connectivity index (χ0v) is 17.1. The predicted octanol–water partition coefficient (Wildman–Crippen LogP) is 1.62. The van der Waals surface area contributed by atoms with Gasteiger partial charge in [0, 0.05) is 25.0 Å². The number of nitrogens with one attached hydrogen (secondary N) is 2. The Morgan fingerprint density at radius 1 is 1.12 bits per heavy atom. The van der Waals surface area contributed by atoms with E-state index in [-0.39, 0.29) is 18.2 Å². The lowest BCUT2D eigenvalue weighted by molar-refractivity contribution is -0.123. The van der Waals surface area contributed by atoms with E-state index in [1.54, 1.807) is 6.66 Å². The summed E-state index contributed by atoms with van der Waals surface area (Å²) in [6, 6.07) is 0. The van der Waals surface area contributed by atoms with Crippen molar-refractivity contribution in [1.29, 1.82) is 0 Å². The van der Waals surface area contributed by atoms with Crippen LogP contribution in [-0.2, 0) is 18.8 Å². The second kappa shape index (κ2) is 11.7. The second-order valence-electron chi connectivity index (χ2n) is 7.34. The van der Waals surface area contributed by atoms with Gasteiger partial charge in [0.05, 0.1) is 26.6 Å². The van der Waals surface area contributed by atoms with Gasteiger partial charge in [-0.2, -0.15) is 0 Å². The van der Waals surface area contributed by atoms with Gasteiger partial charge >= 0.3 is 0 Å². The first-order chi connectivity index (χ1) is 11.5. The van der Waals surface area contributed by atoms with Crippen LogP contribution in [0.4, 0.5) is 0 Å². The normalized spacial score (nSPS) is 12.8. The highest BCUT2D eigenvalue weighted by Crippen LogP contribution is 2.20. The van der Waals surface area contributed by atoms with Crippen LogP contribution in [0.25, 0.3) is 0 Å². The molecule has 7 nitrogen and oxygen atoms in total. The lowest BCUT2D eigenvalue weighted by atomic mass is 9.98. The fourth-order valence-electron chi connectivity index (χ4n) is 2.10. The summed E-state index contributed by atoms with van der Waals surface area (Å²) >= 11 is 0. The number of carbonyl (C=O) groups excluding carboxylic acids is 2. The monoisotopic (exact) mass is 375 g/mol. The molecular formula is C17H34N3O4P. The van der Waals surface area contributed by atoms with Gasteiger partial charge in [0.15, 0.2) is 0 Å². The van der Waals surface area contributed by atoms with Gasteiger partial charge in [0.2, 0.25) is 5.91 Å². The topological polar surface area (TPSA) is 103 Å². The molecule has 1 unspecified atom stereocenters. The average molecular weight is 375 g/mol. The minimum atomic E-state index is -0.909. The molecule has 0 rings (SSSR count). The fourth-order valence-corrected chi connectivity index (χ4v) is 2.48. The van der Waals surface area contributed by atoms with E-state index in [2.05, 4.69) is 10.7 Å². The van der Waals surface area contributed by atoms with Crippen molar-refractivity contribution in [3.63, 3.8) is 0 Å². The molecule has 0 aliphatic rings. The first kappa shape index (κ1) is 24.1. The van der Waals surface area contributed by atoms with Crippen molar-refractivity contribution in [2.45, 2.75) is 64.5 Å². The van der Waals surface area contributed by atoms with Gasteiger partial charge in [-0.25, -0.2) is 4.52 Å². The molecule has 1 atom stereocenters. The van der Waals surface area contributed by atoms with E-state index in [1.165, 1.54) is 0 Å². The fraction of sp³-hybridized carbons (Fsp3) is 0.824. The van der Waals surface area contributed by atoms with Crippen LogP contribution in [0.5, 0.6) is 0 Å². The standard InChI is InChI=1S/C17H34N3O4P/c1-16(2,20-15(22)13-19-18)10-12-23-17(3,4)9-7-14(21)8-11-24-25(5)6/h5,19H,7-13,18H2,1-4,6H3,(H,20,22). The van der Waals surface area contributed by atoms with Crippen LogP contribution < -0.4 is 16.6 Å². The summed E-state index contributed by atoms with van der Waals surface area (Å²) in [5.41, 5.74) is 1.54. The van der Waals surface area contributed by atoms with E-state index in [1.807, 2.05) is 27.7 Å². The van der Waals surface area contributed by atoms with Crippen LogP contribution in [0.3, 0.4) is 0 Å². The van der Waals surface area contributed by atoms with Crippen molar-refractivity contribution in [3.8, 4) is 0 Å². The summed E-state index contributed by atoms with van der Waals surface area (Å²) < 4.78 is 11.1. The van der Waals surface area contributed by atoms with Crippen LogP contribution >= 0.6 is 7.77 Å². The highest BCUT2D eigenvalue weighted by Gasteiger charge is 2.24. The molecule has 0 bridgehead atoms. The van der Waals surface area contributed by atoms with E-state index in [9.17, 15) is 9.59 Å². The molecule has 146 valence electrons. The number of amides is 1. The molecule has 0 aromatic rings. The summed E-state index contributed by atoms with van der Waals surface area (Å²) in [6.07, 6.45) is 7.66. The van der Waals surface area contributed by atoms with Crippen LogP contribution in [0, 0.1) is 0 Å². The van der Waals surface area contributed by atoms with Gasteiger partial charge in [-0.15, -0.1) is 0 Å². The summed E-state index contributed by atoms with van der Waals surface area (Å²) in [4.78, 5) is 23.4. The van der Waals surface area contributed by atoms with Crippen LogP contribution in [0.15, 0.2) is 0 Å². The zero-order valence-electron chi connectivity index (χ0n) is 16.2. The summed E-state index contributed by atoms with van der Waals surface area (Å²) in [5.74, 6) is 5.12. The predicted molar refractivity (Wildman–Crippen MR) is 103 cm³/mol. The maximum Gasteiger partial charge on any atom is 0.235 e. The first-order valence-corrected chi connectivity index (χ1v) is 10.3. The molecule has 4 N–H and O–H groups in total. The third-order valence-electron chi connectivity index (χ3n) is 3.64. The summed E-state index contributed by atoms with van der Waals surface area (Å²) in [5, 5.41) is 2.89. The Balaban J connectivity index is 4.08. The molecular weight excluding hydrogens is 341 g/mol. The van der Waals surface area contributed by atoms with E-state index < -0.39 is 18.9 Å². The Bertz CT molecular complexity index is 453. The molecule has 0 aromatic heterocycles. The largest absolute Gasteiger partial charge is 0.375 e. The molecule has 0 aliphatic heterocycles. The molecule has 0 aliphatic carbocycles. The first-order valence-electron chi connectivity index (χ1n) is 8.49. The minimum Gasteiger partial charge on any atom is -0.375 e. The number of hydrogen-bond acceptors (Lipinski definition) is 6. The van der Waals surface area contributed by atoms with Crippen molar-refractivity contribution in [2.24, 2.45) is 5.84 Å². The van der Waals surface area contributed by atoms with Gasteiger partial charge < -0.3 is 10.1 Å². The quantitative estimate of drug-likeness (QED) is 0.185. The van der Waals surface area contributed by atoms with Crippen LogP contribution in [-0.4, -0.2) is 55.6 Å². The molecule has 0 saturated carbocycles. The molecule has 0 fully saturated rings. The van der Waals surface area contributed by atoms with Gasteiger partial charge in [-0.05, 0) is 40.5 Å². The van der Waals surface area contributed by atoms with Gasteiger partial charge in [0.25, 0.3) is 0 Å². The Morgan fingerprint density at radius 3 is 2.32 bits per heavy atom. The Morgan fingerprint density at radius 2 is 1.76 bits per heavy atom. The number of ketones is 1. The summed E-state index contributed by atoms with van der Waals surface area (Å²) in [6.45, 7) is 10.5. The lowest BCUT2D eigenvalue weighted by Crippen LogP contribution is -2.48. The average Bonchev–Trinajstić information content (AvgIpc) is 2.44. The highest BCUT2D eigenvalue weighted by molar-refractivity contribution is 7.49. The van der Waals surface area contributed by atoms with E-state index in [4.69, 9.17) is 21.4 Å². The molecule has 0 aromatic carbocycles. The van der Waals surface area contributed by atoms with Gasteiger partial charge in [-0.1, -0.05) is 0 Å². The Kier molecular flexibility index (Phi) is 11.3. The molecule has 0 radical (unpaired) electrons. The van der Waals surface area contributed by atoms with Crippen LogP contribution in [0.1, 0.15) is 53.4 Å². The summed E-state index contributed by atoms with van der Waals surface area (Å²) in [7, 11) is -0.909. The van der Waals surface area contributed by atoms with E-state index in [0.29, 0.717) is 38.9 Å². The number of ether oxygens (including phenoxy) is 1. The van der Waals surface area contributed by atoms with Crippen molar-refractivity contribution in [1.82, 2.24) is 10.7 Å². The van der Waals surface area contributed by atoms with E-state index in [0.717, 1.165) is 0 Å². The third kappa shape index (κ3) is 14.0. The van der Waals surface area contributed by atoms with Crippen molar-refractivity contribution in [3.05, 3.63) is 0 Å². The van der Waals surface area contributed by atoms with Crippen LogP contribution in [0.2, 0.25) is 0 Å². The SMILES string of the molecule is [CH-]=[P+](C)OCCC(=O)CCC(C)(C)OCCC(C)(C)NC(=O)CNN. The number of rotatable bonds is 14. The zero-order chi connectivity index (χ0) is 19.5. The van der Waals surface area contributed by atoms with Gasteiger partial charge in [0.1, 0.15) is 12.4 Å². The number of nitrogens with two attached hydrogens (primary N) is 1. The number of Topliss-reactive ketones (excluding diaryl/α,β-unsaturated/α-hetero) is 1. The van der Waals surface area contributed by atoms with E-state index >= 15 is 0 Å². The molecule has 0 saturated heterocycles. The van der Waals surface area contributed by atoms with Gasteiger partial charge in [-0.3, -0.25) is 27.2 Å². The molecule has 0 heterocycles. The number of hydrazine groups is 1.